The molecule has 0 saturated heterocycles. The van der Waals surface area contributed by atoms with Crippen LogP contribution in [0.3, 0.4) is 0 Å². The largest absolute Gasteiger partial charge is 0.459 e. The van der Waals surface area contributed by atoms with Gasteiger partial charge in [-0.1, -0.05) is 18.2 Å². The van der Waals surface area contributed by atoms with Crippen molar-refractivity contribution in [3.8, 4) is 11.3 Å². The van der Waals surface area contributed by atoms with Crippen molar-refractivity contribution in [3.05, 3.63) is 83.6 Å². The van der Waals surface area contributed by atoms with Gasteiger partial charge in [-0.2, -0.15) is 0 Å². The number of hydrogen-bond acceptors (Lipinski definition) is 2. The lowest BCUT2D eigenvalue weighted by molar-refractivity contribution is 0.0948. The molecule has 1 heterocycles. The van der Waals surface area contributed by atoms with Gasteiger partial charge >= 0.3 is 0 Å². The van der Waals surface area contributed by atoms with Crippen molar-refractivity contribution in [2.24, 2.45) is 0 Å². The van der Waals surface area contributed by atoms with E-state index in [4.69, 9.17) is 4.42 Å². The summed E-state index contributed by atoms with van der Waals surface area (Å²) in [5, 5.41) is 2.72. The third kappa shape index (κ3) is 3.45. The average molecular weight is 313 g/mol. The monoisotopic (exact) mass is 313 g/mol. The molecule has 3 rings (SSSR count). The van der Waals surface area contributed by atoms with Crippen LogP contribution in [-0.2, 0) is 6.54 Å². The van der Waals surface area contributed by atoms with E-state index in [-0.39, 0.29) is 23.8 Å². The Labute approximate surface area is 131 Å². The fourth-order valence-corrected chi connectivity index (χ4v) is 2.17. The summed E-state index contributed by atoms with van der Waals surface area (Å²) in [5.41, 5.74) is 0.718. The molecule has 0 saturated carbocycles. The van der Waals surface area contributed by atoms with Crippen LogP contribution in [0.2, 0.25) is 0 Å². The summed E-state index contributed by atoms with van der Waals surface area (Å²) in [7, 11) is 0. The molecule has 0 unspecified atom stereocenters. The topological polar surface area (TPSA) is 42.2 Å². The van der Waals surface area contributed by atoms with E-state index in [1.807, 2.05) is 6.07 Å². The maximum atomic E-state index is 13.7. The minimum Gasteiger partial charge on any atom is -0.459 e. The molecule has 1 N–H and O–H groups in total. The number of hydrogen-bond donors (Lipinski definition) is 1. The Balaban J connectivity index is 1.69. The van der Waals surface area contributed by atoms with Crippen LogP contribution in [0.5, 0.6) is 0 Å². The molecule has 2 aromatic carbocycles. The predicted molar refractivity (Wildman–Crippen MR) is 81.7 cm³/mol. The van der Waals surface area contributed by atoms with E-state index in [1.165, 1.54) is 6.07 Å². The molecule has 0 aliphatic carbocycles. The van der Waals surface area contributed by atoms with Gasteiger partial charge in [-0.3, -0.25) is 4.79 Å². The molecular formula is C18H13F2NO2. The molecule has 0 aliphatic rings. The van der Waals surface area contributed by atoms with Crippen LogP contribution in [0.15, 0.2) is 65.1 Å². The van der Waals surface area contributed by atoms with Gasteiger partial charge in [-0.15, -0.1) is 0 Å². The second kappa shape index (κ2) is 6.44. The minimum absolute atomic E-state index is 0.173. The van der Waals surface area contributed by atoms with Crippen molar-refractivity contribution < 1.29 is 18.0 Å². The second-order valence-electron chi connectivity index (χ2n) is 4.94. The highest BCUT2D eigenvalue weighted by atomic mass is 19.1. The van der Waals surface area contributed by atoms with Gasteiger partial charge in [0.05, 0.1) is 12.1 Å². The van der Waals surface area contributed by atoms with Crippen LogP contribution in [0.1, 0.15) is 16.1 Å². The highest BCUT2D eigenvalue weighted by Crippen LogP contribution is 2.25. The maximum Gasteiger partial charge on any atom is 0.251 e. The summed E-state index contributed by atoms with van der Waals surface area (Å²) < 4.78 is 32.1. The average Bonchev–Trinajstić information content (AvgIpc) is 3.02. The van der Waals surface area contributed by atoms with Gasteiger partial charge in [0.1, 0.15) is 23.2 Å². The quantitative estimate of drug-likeness (QED) is 0.786. The zero-order chi connectivity index (χ0) is 16.2. The first-order valence-electron chi connectivity index (χ1n) is 7.01. The Hall–Kier alpha value is -2.95. The van der Waals surface area contributed by atoms with Crippen LogP contribution in [0, 0.1) is 11.6 Å². The van der Waals surface area contributed by atoms with Crippen molar-refractivity contribution >= 4 is 5.91 Å². The Morgan fingerprint density at radius 1 is 1.00 bits per heavy atom. The molecule has 116 valence electrons. The van der Waals surface area contributed by atoms with Crippen molar-refractivity contribution in [1.29, 1.82) is 0 Å². The van der Waals surface area contributed by atoms with Gasteiger partial charge in [-0.05, 0) is 36.4 Å². The van der Waals surface area contributed by atoms with Gasteiger partial charge < -0.3 is 9.73 Å². The Morgan fingerprint density at radius 2 is 1.78 bits per heavy atom. The molecule has 0 fully saturated rings. The zero-order valence-corrected chi connectivity index (χ0v) is 12.1. The highest BCUT2D eigenvalue weighted by Gasteiger charge is 2.11. The fraction of sp³-hybridized carbons (Fsp3) is 0.0556. The first-order valence-corrected chi connectivity index (χ1v) is 7.01. The number of furan rings is 1. The molecule has 23 heavy (non-hydrogen) atoms. The van der Waals surface area contributed by atoms with Gasteiger partial charge in [-0.25, -0.2) is 8.78 Å². The highest BCUT2D eigenvalue weighted by molar-refractivity contribution is 5.94. The van der Waals surface area contributed by atoms with E-state index >= 15 is 0 Å². The smallest absolute Gasteiger partial charge is 0.251 e. The second-order valence-corrected chi connectivity index (χ2v) is 4.94. The molecule has 0 radical (unpaired) electrons. The first kappa shape index (κ1) is 15.0. The van der Waals surface area contributed by atoms with Crippen LogP contribution in [-0.4, -0.2) is 5.91 Å². The van der Waals surface area contributed by atoms with Gasteiger partial charge in [0.15, 0.2) is 0 Å². The molecule has 3 nitrogen and oxygen atoms in total. The van der Waals surface area contributed by atoms with Crippen LogP contribution in [0.4, 0.5) is 8.78 Å². The lowest BCUT2D eigenvalue weighted by Crippen LogP contribution is -2.22. The number of amides is 1. The molecule has 5 heteroatoms. The Bertz CT molecular complexity index is 828. The van der Waals surface area contributed by atoms with Crippen molar-refractivity contribution in [2.45, 2.75) is 6.54 Å². The maximum absolute atomic E-state index is 13.7. The number of benzene rings is 2. The molecule has 0 bridgehead atoms. The zero-order valence-electron chi connectivity index (χ0n) is 12.1. The van der Waals surface area contributed by atoms with Gasteiger partial charge in [0, 0.05) is 11.6 Å². The fourth-order valence-electron chi connectivity index (χ4n) is 2.17. The normalized spacial score (nSPS) is 10.5. The summed E-state index contributed by atoms with van der Waals surface area (Å²) >= 11 is 0. The summed E-state index contributed by atoms with van der Waals surface area (Å²) in [6, 6.07) is 15.3. The molecule has 0 spiro atoms. The number of nitrogens with one attached hydrogen (secondary N) is 1. The minimum atomic E-state index is -0.695. The lowest BCUT2D eigenvalue weighted by atomic mass is 10.1. The van der Waals surface area contributed by atoms with E-state index < -0.39 is 11.6 Å². The molecule has 0 aliphatic heterocycles. The van der Waals surface area contributed by atoms with E-state index in [2.05, 4.69) is 5.32 Å². The molecular weight excluding hydrogens is 300 g/mol. The SMILES string of the molecule is O=C(NCc1ccc(-c2ccc(F)cc2F)o1)c1ccccc1. The number of carbonyl (C=O) groups is 1. The van der Waals surface area contributed by atoms with Gasteiger partial charge in [0.25, 0.3) is 5.91 Å². The number of rotatable bonds is 4. The van der Waals surface area contributed by atoms with Crippen molar-refractivity contribution in [1.82, 2.24) is 5.32 Å². The van der Waals surface area contributed by atoms with Crippen molar-refractivity contribution in [3.63, 3.8) is 0 Å². The van der Waals surface area contributed by atoms with Gasteiger partial charge in [0.2, 0.25) is 0 Å². The van der Waals surface area contributed by atoms with E-state index in [0.29, 0.717) is 11.3 Å². The van der Waals surface area contributed by atoms with Crippen LogP contribution >= 0.6 is 0 Å². The summed E-state index contributed by atoms with van der Waals surface area (Å²) in [6.07, 6.45) is 0. The van der Waals surface area contributed by atoms with E-state index in [1.54, 1.807) is 36.4 Å². The molecule has 3 aromatic rings. The number of carbonyl (C=O) groups excluding carboxylic acids is 1. The predicted octanol–water partition coefficient (Wildman–Crippen LogP) is 4.15. The summed E-state index contributed by atoms with van der Waals surface area (Å²) in [6.45, 7) is 0.177. The van der Waals surface area contributed by atoms with Crippen molar-refractivity contribution in [2.75, 3.05) is 0 Å². The van der Waals surface area contributed by atoms with Crippen LogP contribution < -0.4 is 5.32 Å². The molecule has 1 amide bonds. The molecule has 1 aromatic heterocycles. The summed E-state index contributed by atoms with van der Waals surface area (Å²) in [5.74, 6) is -0.802. The Morgan fingerprint density at radius 3 is 2.52 bits per heavy atom. The summed E-state index contributed by atoms with van der Waals surface area (Å²) in [4.78, 5) is 11.9. The molecule has 0 atom stereocenters. The third-order valence-electron chi connectivity index (χ3n) is 3.32. The first-order chi connectivity index (χ1) is 11.1. The van der Waals surface area contributed by atoms with E-state index in [9.17, 15) is 13.6 Å². The number of halogens is 2. The Kier molecular flexibility index (Phi) is 4.19. The van der Waals surface area contributed by atoms with E-state index in [0.717, 1.165) is 12.1 Å². The van der Waals surface area contributed by atoms with Crippen LogP contribution in [0.25, 0.3) is 11.3 Å². The standard InChI is InChI=1S/C18H13F2NO2/c19-13-6-8-15(16(20)10-13)17-9-7-14(23-17)11-21-18(22)12-4-2-1-3-5-12/h1-10H,11H2,(H,21,22). The lowest BCUT2D eigenvalue weighted by Gasteiger charge is -2.03. The third-order valence-corrected chi connectivity index (χ3v) is 3.32.